The van der Waals surface area contributed by atoms with Crippen LogP contribution < -0.4 is 0 Å². The molecule has 1 aromatic heterocycles. The van der Waals surface area contributed by atoms with Crippen LogP contribution in [0.15, 0.2) is 4.90 Å². The molecule has 5 nitrogen and oxygen atoms in total. The highest BCUT2D eigenvalue weighted by Gasteiger charge is 2.41. The topological polar surface area (TPSA) is 66.1 Å². The molecule has 1 aliphatic carbocycles. The number of piperidine rings is 1. The van der Waals surface area contributed by atoms with E-state index in [-0.39, 0.29) is 6.04 Å². The van der Waals surface area contributed by atoms with E-state index in [2.05, 4.69) is 10.2 Å². The van der Waals surface area contributed by atoms with Crippen molar-refractivity contribution in [3.05, 3.63) is 11.4 Å². The highest BCUT2D eigenvalue weighted by molar-refractivity contribution is 7.89. The van der Waals surface area contributed by atoms with Gasteiger partial charge in [-0.05, 0) is 45.4 Å². The minimum absolute atomic E-state index is 0.205. The second kappa shape index (κ2) is 5.15. The first-order valence-corrected chi connectivity index (χ1v) is 8.99. The molecule has 0 bridgehead atoms. The lowest BCUT2D eigenvalue weighted by Crippen LogP contribution is -2.49. The van der Waals surface area contributed by atoms with E-state index in [0.717, 1.165) is 19.3 Å². The van der Waals surface area contributed by atoms with Gasteiger partial charge in [0, 0.05) is 12.6 Å². The second-order valence-electron chi connectivity index (χ2n) is 6.13. The Morgan fingerprint density at radius 2 is 1.85 bits per heavy atom. The molecule has 2 heterocycles. The standard InChI is InChI=1S/C14H23N3O2S/c1-10-14(11(2)16-15-10)20(18,19)17-9-5-7-12-6-3-4-8-13(12)17/h12-13H,3-9H2,1-2H3,(H,15,16). The van der Waals surface area contributed by atoms with Crippen molar-refractivity contribution in [3.8, 4) is 0 Å². The number of hydrogen-bond acceptors (Lipinski definition) is 3. The van der Waals surface area contributed by atoms with Crippen molar-refractivity contribution in [2.24, 2.45) is 5.92 Å². The van der Waals surface area contributed by atoms with Crippen LogP contribution >= 0.6 is 0 Å². The number of rotatable bonds is 2. The Balaban J connectivity index is 1.98. The Morgan fingerprint density at radius 1 is 1.15 bits per heavy atom. The third-order valence-electron chi connectivity index (χ3n) is 4.82. The van der Waals surface area contributed by atoms with Crippen molar-refractivity contribution in [1.82, 2.24) is 14.5 Å². The van der Waals surface area contributed by atoms with Gasteiger partial charge in [-0.15, -0.1) is 0 Å². The van der Waals surface area contributed by atoms with Gasteiger partial charge in [-0.25, -0.2) is 8.42 Å². The maximum atomic E-state index is 13.0. The van der Waals surface area contributed by atoms with Gasteiger partial charge < -0.3 is 0 Å². The van der Waals surface area contributed by atoms with Gasteiger partial charge in [-0.1, -0.05) is 12.8 Å². The van der Waals surface area contributed by atoms with E-state index in [0.29, 0.717) is 28.7 Å². The molecule has 1 saturated carbocycles. The molecule has 2 atom stereocenters. The van der Waals surface area contributed by atoms with Crippen molar-refractivity contribution in [2.75, 3.05) is 6.54 Å². The third-order valence-corrected chi connectivity index (χ3v) is 7.01. The van der Waals surface area contributed by atoms with Crippen LogP contribution in [0.4, 0.5) is 0 Å². The number of hydrogen-bond donors (Lipinski definition) is 1. The molecular formula is C14H23N3O2S. The van der Waals surface area contributed by atoms with Crippen LogP contribution in [0.1, 0.15) is 49.9 Å². The molecule has 1 saturated heterocycles. The fraction of sp³-hybridized carbons (Fsp3) is 0.786. The first-order chi connectivity index (χ1) is 9.51. The molecule has 2 unspecified atom stereocenters. The summed E-state index contributed by atoms with van der Waals surface area (Å²) in [6.45, 7) is 4.21. The predicted molar refractivity (Wildman–Crippen MR) is 76.9 cm³/mol. The molecule has 1 N–H and O–H groups in total. The molecule has 2 fully saturated rings. The Morgan fingerprint density at radius 3 is 2.55 bits per heavy atom. The molecule has 2 aliphatic rings. The zero-order chi connectivity index (χ0) is 14.3. The van der Waals surface area contributed by atoms with E-state index >= 15 is 0 Å². The molecule has 0 spiro atoms. The highest BCUT2D eigenvalue weighted by atomic mass is 32.2. The Hall–Kier alpha value is -0.880. The number of nitrogens with one attached hydrogen (secondary N) is 1. The Kier molecular flexibility index (Phi) is 3.62. The summed E-state index contributed by atoms with van der Waals surface area (Å²) in [5.41, 5.74) is 1.24. The van der Waals surface area contributed by atoms with Crippen molar-refractivity contribution in [1.29, 1.82) is 0 Å². The summed E-state index contributed by atoms with van der Waals surface area (Å²) in [4.78, 5) is 0.392. The highest BCUT2D eigenvalue weighted by Crippen LogP contribution is 2.38. The van der Waals surface area contributed by atoms with Crippen LogP contribution in [0.2, 0.25) is 0 Å². The van der Waals surface area contributed by atoms with Gasteiger partial charge in [0.05, 0.1) is 11.4 Å². The van der Waals surface area contributed by atoms with Crippen molar-refractivity contribution in [3.63, 3.8) is 0 Å². The lowest BCUT2D eigenvalue weighted by atomic mass is 9.79. The summed E-state index contributed by atoms with van der Waals surface area (Å²) in [6, 6.07) is 0.205. The fourth-order valence-corrected chi connectivity index (χ4v) is 6.01. The average molecular weight is 297 g/mol. The van der Waals surface area contributed by atoms with Gasteiger partial charge in [0.25, 0.3) is 0 Å². The number of aryl methyl sites for hydroxylation is 2. The van der Waals surface area contributed by atoms with Gasteiger partial charge in [-0.2, -0.15) is 9.40 Å². The van der Waals surface area contributed by atoms with Gasteiger partial charge >= 0.3 is 0 Å². The fourth-order valence-electron chi connectivity index (χ4n) is 3.92. The van der Waals surface area contributed by atoms with E-state index in [4.69, 9.17) is 0 Å². The van der Waals surface area contributed by atoms with Crippen LogP contribution in [-0.4, -0.2) is 35.5 Å². The SMILES string of the molecule is Cc1n[nH]c(C)c1S(=O)(=O)N1CCCC2CCCCC21. The lowest BCUT2D eigenvalue weighted by molar-refractivity contribution is 0.129. The van der Waals surface area contributed by atoms with Crippen LogP contribution in [-0.2, 0) is 10.0 Å². The minimum atomic E-state index is -3.41. The summed E-state index contributed by atoms with van der Waals surface area (Å²) in [6.07, 6.45) is 6.76. The van der Waals surface area contributed by atoms with Gasteiger partial charge in [0.1, 0.15) is 4.90 Å². The normalized spacial score (nSPS) is 28.3. The monoisotopic (exact) mass is 297 g/mol. The first-order valence-electron chi connectivity index (χ1n) is 7.55. The predicted octanol–water partition coefficient (Wildman–Crippen LogP) is 2.37. The zero-order valence-corrected chi connectivity index (χ0v) is 13.0. The number of H-pyrrole nitrogens is 1. The molecule has 0 amide bonds. The van der Waals surface area contributed by atoms with E-state index in [9.17, 15) is 8.42 Å². The van der Waals surface area contributed by atoms with Crippen molar-refractivity contribution in [2.45, 2.75) is 63.3 Å². The molecule has 0 radical (unpaired) electrons. The molecule has 1 aliphatic heterocycles. The van der Waals surface area contributed by atoms with E-state index in [1.807, 2.05) is 0 Å². The third kappa shape index (κ3) is 2.19. The zero-order valence-electron chi connectivity index (χ0n) is 12.2. The van der Waals surface area contributed by atoms with Gasteiger partial charge in [-0.3, -0.25) is 5.10 Å². The van der Waals surface area contributed by atoms with E-state index < -0.39 is 10.0 Å². The smallest absolute Gasteiger partial charge is 0.246 e. The Labute approximate surface area is 120 Å². The van der Waals surface area contributed by atoms with Crippen molar-refractivity contribution >= 4 is 10.0 Å². The summed E-state index contributed by atoms with van der Waals surface area (Å²) in [5.74, 6) is 0.555. The Bertz CT molecular complexity index is 572. The van der Waals surface area contributed by atoms with Gasteiger partial charge in [0.2, 0.25) is 10.0 Å². The van der Waals surface area contributed by atoms with Crippen LogP contribution in [0.3, 0.4) is 0 Å². The van der Waals surface area contributed by atoms with Gasteiger partial charge in [0.15, 0.2) is 0 Å². The van der Waals surface area contributed by atoms with Crippen LogP contribution in [0.25, 0.3) is 0 Å². The first kappa shape index (κ1) is 14.1. The summed E-state index contributed by atoms with van der Waals surface area (Å²) >= 11 is 0. The minimum Gasteiger partial charge on any atom is -0.281 e. The van der Waals surface area contributed by atoms with Crippen molar-refractivity contribution < 1.29 is 8.42 Å². The quantitative estimate of drug-likeness (QED) is 0.911. The molecule has 20 heavy (non-hydrogen) atoms. The summed E-state index contributed by atoms with van der Waals surface area (Å²) in [7, 11) is -3.41. The molecule has 112 valence electrons. The number of sulfonamides is 1. The largest absolute Gasteiger partial charge is 0.281 e. The number of nitrogens with zero attached hydrogens (tertiary/aromatic N) is 2. The van der Waals surface area contributed by atoms with Crippen LogP contribution in [0.5, 0.6) is 0 Å². The second-order valence-corrected chi connectivity index (χ2v) is 7.96. The molecule has 3 rings (SSSR count). The maximum Gasteiger partial charge on any atom is 0.246 e. The average Bonchev–Trinajstić information content (AvgIpc) is 2.78. The maximum absolute atomic E-state index is 13.0. The number of aromatic amines is 1. The molecular weight excluding hydrogens is 274 g/mol. The van der Waals surface area contributed by atoms with E-state index in [1.165, 1.54) is 19.3 Å². The molecule has 0 aromatic carbocycles. The number of fused-ring (bicyclic) bond motifs is 1. The lowest BCUT2D eigenvalue weighted by Gasteiger charge is -2.43. The molecule has 1 aromatic rings. The molecule has 6 heteroatoms. The van der Waals surface area contributed by atoms with Crippen LogP contribution in [0, 0.1) is 19.8 Å². The summed E-state index contributed by atoms with van der Waals surface area (Å²) in [5, 5.41) is 6.85. The number of aromatic nitrogens is 2. The summed E-state index contributed by atoms with van der Waals surface area (Å²) < 4.78 is 27.8. The van der Waals surface area contributed by atoms with E-state index in [1.54, 1.807) is 18.2 Å².